The van der Waals surface area contributed by atoms with Crippen LogP contribution in [0.2, 0.25) is 0 Å². The summed E-state index contributed by atoms with van der Waals surface area (Å²) in [5, 5.41) is 10.5. The fourth-order valence-electron chi connectivity index (χ4n) is 3.72. The largest absolute Gasteiger partial charge is 0.390 e. The summed E-state index contributed by atoms with van der Waals surface area (Å²) in [4.78, 5) is 0. The molecule has 1 saturated heterocycles. The smallest absolute Gasteiger partial charge is 0.157 e. The Labute approximate surface area is 173 Å². The SMILES string of the molecule is CCCCCCCCCC[C@H](O)[C@@H](CCCCOC1CCCCO1)OCOC. The number of aliphatic hydroxyl groups excluding tert-OH is 1. The highest BCUT2D eigenvalue weighted by Crippen LogP contribution is 2.18. The molecule has 5 nitrogen and oxygen atoms in total. The van der Waals surface area contributed by atoms with Crippen molar-refractivity contribution in [1.29, 1.82) is 0 Å². The molecule has 0 radical (unpaired) electrons. The van der Waals surface area contributed by atoms with Crippen molar-refractivity contribution in [2.24, 2.45) is 0 Å². The summed E-state index contributed by atoms with van der Waals surface area (Å²) in [6, 6.07) is 0. The molecule has 0 amide bonds. The van der Waals surface area contributed by atoms with Crippen molar-refractivity contribution >= 4 is 0 Å². The van der Waals surface area contributed by atoms with Crippen LogP contribution in [0.1, 0.15) is 103 Å². The van der Waals surface area contributed by atoms with E-state index in [2.05, 4.69) is 6.92 Å². The number of hydrogen-bond acceptors (Lipinski definition) is 5. The van der Waals surface area contributed by atoms with Gasteiger partial charge in [0.25, 0.3) is 0 Å². The van der Waals surface area contributed by atoms with Crippen molar-refractivity contribution in [3.63, 3.8) is 0 Å². The number of rotatable bonds is 19. The van der Waals surface area contributed by atoms with E-state index in [-0.39, 0.29) is 19.2 Å². The molecular formula is C23H46O5. The van der Waals surface area contributed by atoms with Crippen LogP contribution in [0, 0.1) is 0 Å². The number of methoxy groups -OCH3 is 1. The lowest BCUT2D eigenvalue weighted by atomic mass is 10.0. The van der Waals surface area contributed by atoms with Crippen LogP contribution in [-0.2, 0) is 18.9 Å². The number of ether oxygens (including phenoxy) is 4. The molecule has 28 heavy (non-hydrogen) atoms. The first kappa shape index (κ1) is 25.8. The number of hydrogen-bond donors (Lipinski definition) is 1. The van der Waals surface area contributed by atoms with Crippen LogP contribution in [-0.4, -0.2) is 50.7 Å². The van der Waals surface area contributed by atoms with Crippen LogP contribution < -0.4 is 0 Å². The molecule has 1 unspecified atom stereocenters. The Balaban J connectivity index is 2.08. The van der Waals surface area contributed by atoms with Gasteiger partial charge in [-0.05, 0) is 44.9 Å². The van der Waals surface area contributed by atoms with E-state index < -0.39 is 6.10 Å². The van der Waals surface area contributed by atoms with Gasteiger partial charge in [0.05, 0.1) is 12.2 Å². The quantitative estimate of drug-likeness (QED) is 0.226. The minimum absolute atomic E-state index is 0.0122. The van der Waals surface area contributed by atoms with Crippen molar-refractivity contribution in [2.45, 2.75) is 122 Å². The summed E-state index contributed by atoms with van der Waals surface area (Å²) in [6.07, 6.45) is 16.7. The first-order valence-corrected chi connectivity index (χ1v) is 11.8. The summed E-state index contributed by atoms with van der Waals surface area (Å²) in [6.45, 7) is 4.03. The third-order valence-corrected chi connectivity index (χ3v) is 5.51. The molecule has 1 aliphatic rings. The van der Waals surface area contributed by atoms with Gasteiger partial charge in [0.1, 0.15) is 6.79 Å². The van der Waals surface area contributed by atoms with E-state index in [0.29, 0.717) is 0 Å². The van der Waals surface area contributed by atoms with Gasteiger partial charge >= 0.3 is 0 Å². The van der Waals surface area contributed by atoms with Gasteiger partial charge in [-0.25, -0.2) is 0 Å². The van der Waals surface area contributed by atoms with E-state index in [9.17, 15) is 5.11 Å². The zero-order valence-electron chi connectivity index (χ0n) is 18.5. The van der Waals surface area contributed by atoms with E-state index >= 15 is 0 Å². The molecule has 0 spiro atoms. The van der Waals surface area contributed by atoms with E-state index in [4.69, 9.17) is 18.9 Å². The van der Waals surface area contributed by atoms with Gasteiger partial charge in [-0.15, -0.1) is 0 Å². The molecule has 0 saturated carbocycles. The minimum Gasteiger partial charge on any atom is -0.390 e. The van der Waals surface area contributed by atoms with E-state index in [1.54, 1.807) is 7.11 Å². The summed E-state index contributed by atoms with van der Waals surface area (Å²) >= 11 is 0. The van der Waals surface area contributed by atoms with E-state index in [1.807, 2.05) is 0 Å². The highest BCUT2D eigenvalue weighted by atomic mass is 16.7. The van der Waals surface area contributed by atoms with Gasteiger partial charge in [0.15, 0.2) is 6.29 Å². The molecule has 1 fully saturated rings. The van der Waals surface area contributed by atoms with Gasteiger partial charge < -0.3 is 24.1 Å². The molecule has 1 heterocycles. The van der Waals surface area contributed by atoms with Crippen LogP contribution in [0.3, 0.4) is 0 Å². The topological polar surface area (TPSA) is 57.2 Å². The second kappa shape index (κ2) is 18.8. The highest BCUT2D eigenvalue weighted by molar-refractivity contribution is 4.69. The molecule has 3 atom stereocenters. The summed E-state index contributed by atoms with van der Waals surface area (Å²) in [5.74, 6) is 0. The van der Waals surface area contributed by atoms with Gasteiger partial charge in [-0.1, -0.05) is 58.3 Å². The van der Waals surface area contributed by atoms with Crippen molar-refractivity contribution in [3.05, 3.63) is 0 Å². The molecule has 5 heteroatoms. The lowest BCUT2D eigenvalue weighted by Gasteiger charge is -2.24. The van der Waals surface area contributed by atoms with Gasteiger partial charge in [0.2, 0.25) is 0 Å². The molecule has 0 aromatic carbocycles. The predicted molar refractivity (Wildman–Crippen MR) is 113 cm³/mol. The molecule has 0 aliphatic carbocycles. The monoisotopic (exact) mass is 402 g/mol. The average molecular weight is 403 g/mol. The van der Waals surface area contributed by atoms with Gasteiger partial charge in [0, 0.05) is 20.3 Å². The molecule has 1 aliphatic heterocycles. The fourth-order valence-corrected chi connectivity index (χ4v) is 3.72. The maximum atomic E-state index is 10.5. The molecule has 0 aromatic rings. The molecule has 168 valence electrons. The van der Waals surface area contributed by atoms with Crippen LogP contribution >= 0.6 is 0 Å². The minimum atomic E-state index is -0.405. The Morgan fingerprint density at radius 3 is 2.32 bits per heavy atom. The zero-order chi connectivity index (χ0) is 20.3. The normalized spacial score (nSPS) is 19.6. The molecule has 0 bridgehead atoms. The molecule has 1 N–H and O–H groups in total. The predicted octanol–water partition coefficient (Wildman–Crippen LogP) is 5.58. The van der Waals surface area contributed by atoms with Gasteiger partial charge in [-0.3, -0.25) is 0 Å². The maximum absolute atomic E-state index is 10.5. The van der Waals surface area contributed by atoms with E-state index in [1.165, 1.54) is 51.4 Å². The van der Waals surface area contributed by atoms with Crippen molar-refractivity contribution in [1.82, 2.24) is 0 Å². The first-order valence-electron chi connectivity index (χ1n) is 11.8. The van der Waals surface area contributed by atoms with E-state index in [0.717, 1.165) is 58.2 Å². The number of unbranched alkanes of at least 4 members (excludes halogenated alkanes) is 8. The van der Waals surface area contributed by atoms with Crippen LogP contribution in [0.25, 0.3) is 0 Å². The number of aliphatic hydroxyl groups is 1. The Bertz CT molecular complexity index is 320. The van der Waals surface area contributed by atoms with Crippen LogP contribution in [0.15, 0.2) is 0 Å². The Hall–Kier alpha value is -0.200. The molecular weight excluding hydrogens is 356 g/mol. The third-order valence-electron chi connectivity index (χ3n) is 5.51. The first-order chi connectivity index (χ1) is 13.8. The highest BCUT2D eigenvalue weighted by Gasteiger charge is 2.19. The lowest BCUT2D eigenvalue weighted by Crippen LogP contribution is -2.30. The van der Waals surface area contributed by atoms with Crippen molar-refractivity contribution in [2.75, 3.05) is 27.1 Å². The summed E-state index contributed by atoms with van der Waals surface area (Å²) in [5.41, 5.74) is 0. The zero-order valence-corrected chi connectivity index (χ0v) is 18.5. The van der Waals surface area contributed by atoms with Crippen LogP contribution in [0.4, 0.5) is 0 Å². The lowest BCUT2D eigenvalue weighted by molar-refractivity contribution is -0.163. The van der Waals surface area contributed by atoms with Crippen LogP contribution in [0.5, 0.6) is 0 Å². The second-order valence-corrected chi connectivity index (χ2v) is 8.11. The third kappa shape index (κ3) is 13.9. The molecule has 0 aromatic heterocycles. The summed E-state index contributed by atoms with van der Waals surface area (Å²) < 4.78 is 22.1. The Morgan fingerprint density at radius 1 is 0.929 bits per heavy atom. The Kier molecular flexibility index (Phi) is 17.4. The standard InChI is InChI=1S/C23H46O5/c1-3-4-5-6-7-8-9-10-15-21(24)22(28-20-25-2)16-11-13-18-26-23-17-12-14-19-27-23/h21-24H,3-20H2,1-2H3/t21-,22+,23?/m0/s1. The second-order valence-electron chi connectivity index (χ2n) is 8.11. The van der Waals surface area contributed by atoms with Crippen molar-refractivity contribution < 1.29 is 24.1 Å². The fraction of sp³-hybridized carbons (Fsp3) is 1.00. The summed E-state index contributed by atoms with van der Waals surface area (Å²) in [7, 11) is 1.62. The Morgan fingerprint density at radius 2 is 1.64 bits per heavy atom. The van der Waals surface area contributed by atoms with Gasteiger partial charge in [-0.2, -0.15) is 0 Å². The molecule has 1 rings (SSSR count). The van der Waals surface area contributed by atoms with Crippen molar-refractivity contribution in [3.8, 4) is 0 Å². The maximum Gasteiger partial charge on any atom is 0.157 e. The average Bonchev–Trinajstić information content (AvgIpc) is 2.72.